The predicted molar refractivity (Wildman–Crippen MR) is 90.6 cm³/mol. The molecule has 0 spiro atoms. The van der Waals surface area contributed by atoms with Crippen LogP contribution in [0, 0.1) is 5.92 Å². The highest BCUT2D eigenvalue weighted by Gasteiger charge is 2.21. The van der Waals surface area contributed by atoms with E-state index in [4.69, 9.17) is 4.74 Å². The topological polar surface area (TPSA) is 29.5 Å². The van der Waals surface area contributed by atoms with Crippen molar-refractivity contribution in [3.63, 3.8) is 0 Å². The number of carbonyl (C=O) groups excluding carboxylic acids is 1. The van der Waals surface area contributed by atoms with Crippen LogP contribution in [0.5, 0.6) is 0 Å². The molecule has 1 atom stereocenters. The minimum absolute atomic E-state index is 0.0770. The Morgan fingerprint density at radius 1 is 0.957 bits per heavy atom. The molecule has 0 fully saturated rings. The minimum atomic E-state index is 0.0770. The summed E-state index contributed by atoms with van der Waals surface area (Å²) in [5.41, 5.74) is 2.32. The molecular weight excluding hydrogens is 286 g/mol. The first kappa shape index (κ1) is 15.5. The van der Waals surface area contributed by atoms with Gasteiger partial charge in [0.2, 0.25) is 5.91 Å². The summed E-state index contributed by atoms with van der Waals surface area (Å²) in [5, 5.41) is 0. The normalized spacial score (nSPS) is 17.5. The Labute approximate surface area is 137 Å². The molecule has 0 aromatic heterocycles. The van der Waals surface area contributed by atoms with Gasteiger partial charge < -0.3 is 9.64 Å². The molecule has 0 radical (unpaired) electrons. The lowest BCUT2D eigenvalue weighted by atomic mass is 10.0. The number of hydrogen-bond acceptors (Lipinski definition) is 2. The molecule has 0 saturated heterocycles. The average molecular weight is 307 g/mol. The first-order valence-electron chi connectivity index (χ1n) is 7.94. The summed E-state index contributed by atoms with van der Waals surface area (Å²) in [7, 11) is 0. The maximum atomic E-state index is 12.0. The van der Waals surface area contributed by atoms with Gasteiger partial charge in [-0.25, -0.2) is 0 Å². The van der Waals surface area contributed by atoms with Crippen LogP contribution >= 0.6 is 0 Å². The van der Waals surface area contributed by atoms with Crippen LogP contribution in [-0.2, 0) is 22.7 Å². The van der Waals surface area contributed by atoms with Gasteiger partial charge in [0, 0.05) is 19.0 Å². The molecular formula is C20H21NO2. The number of rotatable bonds is 6. The standard InChI is InChI=1S/C20H21NO2/c22-20-12-11-19(16-23-15-18-9-5-2-6-10-18)14-21(20)13-17-7-3-1-4-8-17/h1-12,19H,13-16H2/t19-/m0/s1. The fourth-order valence-electron chi connectivity index (χ4n) is 2.71. The van der Waals surface area contributed by atoms with Crippen molar-refractivity contribution in [3.05, 3.63) is 83.9 Å². The highest BCUT2D eigenvalue weighted by molar-refractivity contribution is 5.88. The molecule has 2 aromatic carbocycles. The third-order valence-corrected chi connectivity index (χ3v) is 3.94. The molecule has 0 saturated carbocycles. The summed E-state index contributed by atoms with van der Waals surface area (Å²) in [6, 6.07) is 20.2. The van der Waals surface area contributed by atoms with Crippen LogP contribution in [0.15, 0.2) is 72.8 Å². The predicted octanol–water partition coefficient (Wildman–Crippen LogP) is 3.42. The van der Waals surface area contributed by atoms with Crippen LogP contribution in [-0.4, -0.2) is 24.0 Å². The van der Waals surface area contributed by atoms with E-state index in [0.717, 1.165) is 5.56 Å². The zero-order chi connectivity index (χ0) is 15.9. The minimum Gasteiger partial charge on any atom is -0.376 e. The fraction of sp³-hybridized carbons (Fsp3) is 0.250. The summed E-state index contributed by atoms with van der Waals surface area (Å²) in [6.45, 7) is 2.60. The maximum Gasteiger partial charge on any atom is 0.246 e. The van der Waals surface area contributed by atoms with E-state index in [-0.39, 0.29) is 11.8 Å². The van der Waals surface area contributed by atoms with E-state index >= 15 is 0 Å². The van der Waals surface area contributed by atoms with Gasteiger partial charge in [-0.05, 0) is 17.2 Å². The molecule has 118 valence electrons. The summed E-state index contributed by atoms with van der Waals surface area (Å²) in [5.74, 6) is 0.327. The summed E-state index contributed by atoms with van der Waals surface area (Å²) in [6.07, 6.45) is 3.64. The SMILES string of the molecule is O=C1C=C[C@H](COCc2ccccc2)CN1Cc1ccccc1. The molecule has 0 N–H and O–H groups in total. The monoisotopic (exact) mass is 307 g/mol. The largest absolute Gasteiger partial charge is 0.376 e. The number of carbonyl (C=O) groups is 1. The Kier molecular flexibility index (Phi) is 5.22. The number of nitrogens with zero attached hydrogens (tertiary/aromatic N) is 1. The Morgan fingerprint density at radius 2 is 1.61 bits per heavy atom. The van der Waals surface area contributed by atoms with Gasteiger partial charge in [-0.1, -0.05) is 66.7 Å². The first-order chi connectivity index (χ1) is 11.3. The van der Waals surface area contributed by atoms with E-state index in [1.807, 2.05) is 59.5 Å². The molecule has 3 nitrogen and oxygen atoms in total. The van der Waals surface area contributed by atoms with Crippen molar-refractivity contribution in [1.82, 2.24) is 4.90 Å². The first-order valence-corrected chi connectivity index (χ1v) is 7.94. The Balaban J connectivity index is 1.51. The van der Waals surface area contributed by atoms with Crippen LogP contribution in [0.1, 0.15) is 11.1 Å². The van der Waals surface area contributed by atoms with E-state index in [2.05, 4.69) is 12.1 Å². The zero-order valence-electron chi connectivity index (χ0n) is 13.1. The molecule has 0 aliphatic carbocycles. The Bertz CT molecular complexity index is 652. The van der Waals surface area contributed by atoms with Gasteiger partial charge in [0.05, 0.1) is 13.2 Å². The van der Waals surface area contributed by atoms with Crippen LogP contribution in [0.4, 0.5) is 0 Å². The second-order valence-corrected chi connectivity index (χ2v) is 5.82. The van der Waals surface area contributed by atoms with Crippen molar-refractivity contribution in [2.24, 2.45) is 5.92 Å². The van der Waals surface area contributed by atoms with Gasteiger partial charge in [-0.2, -0.15) is 0 Å². The molecule has 3 rings (SSSR count). The Morgan fingerprint density at radius 3 is 2.30 bits per heavy atom. The van der Waals surface area contributed by atoms with Crippen LogP contribution in [0.3, 0.4) is 0 Å². The highest BCUT2D eigenvalue weighted by atomic mass is 16.5. The van der Waals surface area contributed by atoms with Crippen LogP contribution < -0.4 is 0 Å². The van der Waals surface area contributed by atoms with E-state index < -0.39 is 0 Å². The van der Waals surface area contributed by atoms with Gasteiger partial charge >= 0.3 is 0 Å². The van der Waals surface area contributed by atoms with Crippen LogP contribution in [0.25, 0.3) is 0 Å². The smallest absolute Gasteiger partial charge is 0.246 e. The summed E-state index contributed by atoms with van der Waals surface area (Å²) >= 11 is 0. The second-order valence-electron chi connectivity index (χ2n) is 5.82. The van der Waals surface area contributed by atoms with E-state index in [9.17, 15) is 4.79 Å². The van der Waals surface area contributed by atoms with Crippen molar-refractivity contribution >= 4 is 5.91 Å². The van der Waals surface area contributed by atoms with E-state index in [1.165, 1.54) is 5.56 Å². The van der Waals surface area contributed by atoms with Gasteiger partial charge in [0.1, 0.15) is 0 Å². The third-order valence-electron chi connectivity index (χ3n) is 3.94. The third kappa shape index (κ3) is 4.54. The lowest BCUT2D eigenvalue weighted by Gasteiger charge is -2.29. The molecule has 3 heteroatoms. The number of benzene rings is 2. The number of hydrogen-bond donors (Lipinski definition) is 0. The molecule has 1 heterocycles. The zero-order valence-corrected chi connectivity index (χ0v) is 13.1. The van der Waals surface area contributed by atoms with Crippen molar-refractivity contribution in [3.8, 4) is 0 Å². The molecule has 2 aromatic rings. The van der Waals surface area contributed by atoms with Crippen LogP contribution in [0.2, 0.25) is 0 Å². The maximum absolute atomic E-state index is 12.0. The quantitative estimate of drug-likeness (QED) is 0.818. The number of ether oxygens (including phenoxy) is 1. The van der Waals surface area contributed by atoms with Gasteiger partial charge in [-0.15, -0.1) is 0 Å². The van der Waals surface area contributed by atoms with Gasteiger partial charge in [0.15, 0.2) is 0 Å². The Hall–Kier alpha value is -2.39. The lowest BCUT2D eigenvalue weighted by molar-refractivity contribution is -0.128. The van der Waals surface area contributed by atoms with Gasteiger partial charge in [0.25, 0.3) is 0 Å². The molecule has 0 bridgehead atoms. The summed E-state index contributed by atoms with van der Waals surface area (Å²) < 4.78 is 5.80. The van der Waals surface area contributed by atoms with Gasteiger partial charge in [-0.3, -0.25) is 4.79 Å². The average Bonchev–Trinajstić information content (AvgIpc) is 2.60. The molecule has 23 heavy (non-hydrogen) atoms. The molecule has 1 aliphatic heterocycles. The highest BCUT2D eigenvalue weighted by Crippen LogP contribution is 2.15. The van der Waals surface area contributed by atoms with Crippen molar-refractivity contribution in [1.29, 1.82) is 0 Å². The molecule has 0 unspecified atom stereocenters. The van der Waals surface area contributed by atoms with Crippen molar-refractivity contribution in [2.75, 3.05) is 13.2 Å². The summed E-state index contributed by atoms with van der Waals surface area (Å²) in [4.78, 5) is 13.9. The number of amides is 1. The fourth-order valence-corrected chi connectivity index (χ4v) is 2.71. The lowest BCUT2D eigenvalue weighted by Crippen LogP contribution is -2.37. The van der Waals surface area contributed by atoms with Crippen molar-refractivity contribution in [2.45, 2.75) is 13.2 Å². The molecule has 1 amide bonds. The van der Waals surface area contributed by atoms with E-state index in [0.29, 0.717) is 26.3 Å². The molecule has 1 aliphatic rings. The second kappa shape index (κ2) is 7.75. The van der Waals surface area contributed by atoms with Crippen molar-refractivity contribution < 1.29 is 9.53 Å². The van der Waals surface area contributed by atoms with E-state index in [1.54, 1.807) is 6.08 Å².